The highest BCUT2D eigenvalue weighted by Gasteiger charge is 2.52. The number of barbiturate groups is 1. The van der Waals surface area contributed by atoms with Gasteiger partial charge in [-0.15, -0.1) is 0 Å². The predicted octanol–water partition coefficient (Wildman–Crippen LogP) is 2.35. The third-order valence-corrected chi connectivity index (χ3v) is 4.50. The lowest BCUT2D eigenvalue weighted by molar-refractivity contribution is -0.153. The maximum atomic E-state index is 12.5. The summed E-state index contributed by atoms with van der Waals surface area (Å²) in [6.07, 6.45) is -0.0834. The number of carbonyl (C=O) groups is 4. The standard InChI is InChI=1S/C22H23N3O7/c1-3-30-12-11-22(19(27)24-21(29)25-20(22)28)32-17-9-7-16(8-10-17)31-18-6-4-5-15(13-18)23-14(2)26/h4-10,13H,3,11-12H2,1-2H3,(H,23,26)(H2,24,25,27,28,29). The molecule has 1 aliphatic heterocycles. The van der Waals surface area contributed by atoms with E-state index in [0.29, 0.717) is 23.8 Å². The fourth-order valence-corrected chi connectivity index (χ4v) is 3.03. The number of amides is 5. The molecule has 0 aromatic heterocycles. The highest BCUT2D eigenvalue weighted by molar-refractivity contribution is 6.21. The van der Waals surface area contributed by atoms with E-state index >= 15 is 0 Å². The molecule has 1 saturated heterocycles. The van der Waals surface area contributed by atoms with Crippen molar-refractivity contribution in [3.05, 3.63) is 48.5 Å². The van der Waals surface area contributed by atoms with Crippen LogP contribution in [0.4, 0.5) is 10.5 Å². The average molecular weight is 441 g/mol. The van der Waals surface area contributed by atoms with Crippen molar-refractivity contribution in [3.8, 4) is 17.2 Å². The van der Waals surface area contributed by atoms with Crippen LogP contribution in [0.5, 0.6) is 17.2 Å². The van der Waals surface area contributed by atoms with Crippen LogP contribution in [0.2, 0.25) is 0 Å². The Bertz CT molecular complexity index is 1000. The van der Waals surface area contributed by atoms with Gasteiger partial charge in [0.05, 0.1) is 6.61 Å². The summed E-state index contributed by atoms with van der Waals surface area (Å²) in [4.78, 5) is 47.7. The first-order chi connectivity index (χ1) is 15.3. The van der Waals surface area contributed by atoms with Crippen LogP contribution < -0.4 is 25.4 Å². The van der Waals surface area contributed by atoms with Crippen molar-refractivity contribution in [2.75, 3.05) is 18.5 Å². The van der Waals surface area contributed by atoms with Gasteiger partial charge in [0.2, 0.25) is 5.91 Å². The molecule has 32 heavy (non-hydrogen) atoms. The Morgan fingerprint density at radius 1 is 0.969 bits per heavy atom. The van der Waals surface area contributed by atoms with Gasteiger partial charge >= 0.3 is 6.03 Å². The summed E-state index contributed by atoms with van der Waals surface area (Å²) in [7, 11) is 0. The summed E-state index contributed by atoms with van der Waals surface area (Å²) >= 11 is 0. The molecule has 0 atom stereocenters. The zero-order valence-electron chi connectivity index (χ0n) is 17.6. The molecule has 0 spiro atoms. The number of carbonyl (C=O) groups excluding carboxylic acids is 4. The molecule has 2 aromatic rings. The van der Waals surface area contributed by atoms with E-state index in [0.717, 1.165) is 0 Å². The molecule has 1 aliphatic rings. The normalized spacial score (nSPS) is 14.9. The van der Waals surface area contributed by atoms with Gasteiger partial charge in [-0.05, 0) is 43.3 Å². The topological polar surface area (TPSA) is 132 Å². The summed E-state index contributed by atoms with van der Waals surface area (Å²) in [5.74, 6) is -0.724. The van der Waals surface area contributed by atoms with Crippen molar-refractivity contribution >= 4 is 29.4 Å². The van der Waals surface area contributed by atoms with E-state index in [1.165, 1.54) is 19.1 Å². The van der Waals surface area contributed by atoms with Gasteiger partial charge < -0.3 is 19.5 Å². The molecule has 0 aliphatic carbocycles. The minimum atomic E-state index is -1.95. The van der Waals surface area contributed by atoms with Gasteiger partial charge in [-0.1, -0.05) is 6.07 Å². The van der Waals surface area contributed by atoms with Crippen molar-refractivity contribution in [1.29, 1.82) is 0 Å². The lowest BCUT2D eigenvalue weighted by Crippen LogP contribution is -2.69. The first-order valence-corrected chi connectivity index (χ1v) is 9.91. The van der Waals surface area contributed by atoms with Gasteiger partial charge in [-0.3, -0.25) is 25.0 Å². The fourth-order valence-electron chi connectivity index (χ4n) is 3.03. The molecule has 3 N–H and O–H groups in total. The van der Waals surface area contributed by atoms with Crippen molar-refractivity contribution in [2.45, 2.75) is 25.9 Å². The van der Waals surface area contributed by atoms with E-state index in [9.17, 15) is 19.2 Å². The maximum absolute atomic E-state index is 12.5. The van der Waals surface area contributed by atoms with Gasteiger partial charge in [-0.2, -0.15) is 0 Å². The van der Waals surface area contributed by atoms with Crippen molar-refractivity contribution in [3.63, 3.8) is 0 Å². The summed E-state index contributed by atoms with van der Waals surface area (Å²) < 4.78 is 16.8. The number of hydrogen-bond acceptors (Lipinski definition) is 7. The molecule has 2 aromatic carbocycles. The second-order valence-corrected chi connectivity index (χ2v) is 6.90. The van der Waals surface area contributed by atoms with Gasteiger partial charge in [0, 0.05) is 31.7 Å². The SMILES string of the molecule is CCOCCC1(Oc2ccc(Oc3cccc(NC(C)=O)c3)cc2)C(=O)NC(=O)NC1=O. The van der Waals surface area contributed by atoms with Crippen LogP contribution in [0.1, 0.15) is 20.3 Å². The average Bonchev–Trinajstić information content (AvgIpc) is 2.73. The van der Waals surface area contributed by atoms with E-state index < -0.39 is 23.4 Å². The minimum absolute atomic E-state index is 0.0807. The summed E-state index contributed by atoms with van der Waals surface area (Å²) in [6, 6.07) is 12.2. The lowest BCUT2D eigenvalue weighted by Gasteiger charge is -2.34. The number of ether oxygens (including phenoxy) is 3. The summed E-state index contributed by atoms with van der Waals surface area (Å²) in [6.45, 7) is 3.67. The molecule has 0 unspecified atom stereocenters. The monoisotopic (exact) mass is 441 g/mol. The van der Waals surface area contributed by atoms with Gasteiger partial charge in [0.15, 0.2) is 0 Å². The van der Waals surface area contributed by atoms with Crippen molar-refractivity contribution < 1.29 is 33.4 Å². The third-order valence-electron chi connectivity index (χ3n) is 4.50. The minimum Gasteiger partial charge on any atom is -0.467 e. The quantitative estimate of drug-likeness (QED) is 0.402. The number of hydrogen-bond donors (Lipinski definition) is 3. The highest BCUT2D eigenvalue weighted by Crippen LogP contribution is 2.29. The van der Waals surface area contributed by atoms with Gasteiger partial charge in [0.25, 0.3) is 17.4 Å². The molecule has 10 nitrogen and oxygen atoms in total. The number of rotatable bonds is 9. The molecule has 3 rings (SSSR count). The van der Waals surface area contributed by atoms with Crippen LogP contribution in [0, 0.1) is 0 Å². The van der Waals surface area contributed by atoms with Crippen LogP contribution in [-0.4, -0.2) is 42.6 Å². The zero-order chi connectivity index (χ0) is 23.1. The first-order valence-electron chi connectivity index (χ1n) is 9.91. The Hall–Kier alpha value is -3.92. The maximum Gasteiger partial charge on any atom is 0.328 e. The fraction of sp³-hybridized carbons (Fsp3) is 0.273. The summed E-state index contributed by atoms with van der Waals surface area (Å²) in [5, 5.41) is 6.80. The molecule has 0 bridgehead atoms. The van der Waals surface area contributed by atoms with E-state index in [2.05, 4.69) is 16.0 Å². The molecule has 5 amide bonds. The largest absolute Gasteiger partial charge is 0.467 e. The number of benzene rings is 2. The molecule has 1 heterocycles. The Labute approximate surface area is 184 Å². The molecule has 0 saturated carbocycles. The van der Waals surface area contributed by atoms with Crippen LogP contribution >= 0.6 is 0 Å². The lowest BCUT2D eigenvalue weighted by atomic mass is 9.95. The summed E-state index contributed by atoms with van der Waals surface area (Å²) in [5.41, 5.74) is -1.35. The molecule has 168 valence electrons. The molecular weight excluding hydrogens is 418 g/mol. The Balaban J connectivity index is 1.75. The van der Waals surface area contributed by atoms with E-state index in [1.54, 1.807) is 43.3 Å². The number of anilines is 1. The number of nitrogens with one attached hydrogen (secondary N) is 3. The first kappa shape index (κ1) is 22.8. The Kier molecular flexibility index (Phi) is 7.06. The van der Waals surface area contributed by atoms with E-state index in [4.69, 9.17) is 14.2 Å². The Morgan fingerprint density at radius 3 is 2.25 bits per heavy atom. The van der Waals surface area contributed by atoms with Crippen molar-refractivity contribution in [1.82, 2.24) is 10.6 Å². The van der Waals surface area contributed by atoms with E-state index in [1.807, 2.05) is 0 Å². The van der Waals surface area contributed by atoms with E-state index in [-0.39, 0.29) is 24.7 Å². The zero-order valence-corrected chi connectivity index (χ0v) is 17.6. The van der Waals surface area contributed by atoms with Crippen molar-refractivity contribution in [2.24, 2.45) is 0 Å². The van der Waals surface area contributed by atoms with Crippen LogP contribution in [0.3, 0.4) is 0 Å². The molecule has 0 radical (unpaired) electrons. The molecule has 1 fully saturated rings. The number of urea groups is 1. The molecule has 10 heteroatoms. The molecular formula is C22H23N3O7. The second kappa shape index (κ2) is 9.92. The highest BCUT2D eigenvalue weighted by atomic mass is 16.5. The number of imide groups is 2. The van der Waals surface area contributed by atoms with Crippen LogP contribution in [0.25, 0.3) is 0 Å². The third kappa shape index (κ3) is 5.41. The Morgan fingerprint density at radius 2 is 1.62 bits per heavy atom. The van der Waals surface area contributed by atoms with Crippen LogP contribution in [-0.2, 0) is 19.1 Å². The predicted molar refractivity (Wildman–Crippen MR) is 113 cm³/mol. The second-order valence-electron chi connectivity index (χ2n) is 6.90. The van der Waals surface area contributed by atoms with Gasteiger partial charge in [-0.25, -0.2) is 4.79 Å². The smallest absolute Gasteiger partial charge is 0.328 e. The van der Waals surface area contributed by atoms with Crippen LogP contribution in [0.15, 0.2) is 48.5 Å². The van der Waals surface area contributed by atoms with Gasteiger partial charge in [0.1, 0.15) is 17.2 Å².